The third-order valence-electron chi connectivity index (χ3n) is 11.0. The van der Waals surface area contributed by atoms with Crippen molar-refractivity contribution < 1.29 is 33.3 Å². The van der Waals surface area contributed by atoms with Gasteiger partial charge in [0.15, 0.2) is 0 Å². The lowest BCUT2D eigenvalue weighted by Gasteiger charge is -2.29. The van der Waals surface area contributed by atoms with Crippen LogP contribution in [0.4, 0.5) is 0 Å². The zero-order chi connectivity index (χ0) is 28.0. The third-order valence-corrected chi connectivity index (χ3v) is 11.0. The van der Waals surface area contributed by atoms with Crippen LogP contribution in [-0.2, 0) is 33.3 Å². The van der Waals surface area contributed by atoms with Gasteiger partial charge in [0.05, 0.1) is 49.8 Å². The molecule has 6 aliphatic rings. The predicted octanol–water partition coefficient (Wildman–Crippen LogP) is 6.68. The van der Waals surface area contributed by atoms with E-state index in [0.29, 0.717) is 74.5 Å². The van der Waals surface area contributed by atoms with Crippen LogP contribution < -0.4 is 0 Å². The smallest absolute Gasteiger partial charge is 0.305 e. The summed E-state index contributed by atoms with van der Waals surface area (Å²) in [7, 11) is 0. The summed E-state index contributed by atoms with van der Waals surface area (Å²) in [5, 5.41) is 0. The fraction of sp³-hybridized carbons (Fsp3) is 0.941. The van der Waals surface area contributed by atoms with Crippen LogP contribution >= 0.6 is 0 Å². The molecule has 0 N–H and O–H groups in total. The highest BCUT2D eigenvalue weighted by molar-refractivity contribution is 5.69. The molecule has 0 amide bonds. The van der Waals surface area contributed by atoms with Crippen LogP contribution in [0.5, 0.6) is 0 Å². The minimum absolute atomic E-state index is 0.0175. The first-order chi connectivity index (χ1) is 20.1. The summed E-state index contributed by atoms with van der Waals surface area (Å²) >= 11 is 0. The van der Waals surface area contributed by atoms with Crippen molar-refractivity contribution >= 4 is 11.9 Å². The quantitative estimate of drug-likeness (QED) is 0.102. The van der Waals surface area contributed by atoms with Gasteiger partial charge in [-0.2, -0.15) is 0 Å². The number of ether oxygens (including phenoxy) is 5. The Labute approximate surface area is 247 Å². The largest absolute Gasteiger partial charge is 0.465 e. The van der Waals surface area contributed by atoms with Gasteiger partial charge in [0, 0.05) is 12.8 Å². The van der Waals surface area contributed by atoms with E-state index in [2.05, 4.69) is 0 Å². The SMILES string of the molecule is O=C(CCCCCCC1CC2OC2CC1CCCCCCC(=O)OCC1CCC2OC2C1)OCC1CCC2OC2C1. The number of epoxide rings is 3. The van der Waals surface area contributed by atoms with Crippen molar-refractivity contribution in [1.29, 1.82) is 0 Å². The van der Waals surface area contributed by atoms with E-state index in [0.717, 1.165) is 76.0 Å². The number of fused-ring (bicyclic) bond motifs is 3. The monoisotopic (exact) mass is 574 g/mol. The van der Waals surface area contributed by atoms with Crippen LogP contribution in [0.2, 0.25) is 0 Å². The Morgan fingerprint density at radius 1 is 0.488 bits per heavy atom. The molecule has 10 unspecified atom stereocenters. The minimum atomic E-state index is -0.0175. The molecule has 6 fully saturated rings. The molecule has 232 valence electrons. The predicted molar refractivity (Wildman–Crippen MR) is 154 cm³/mol. The van der Waals surface area contributed by atoms with Crippen molar-refractivity contribution in [1.82, 2.24) is 0 Å². The molecule has 10 atom stereocenters. The standard InChI is InChI=1S/C34H54O7/c35-33(37-21-23-13-15-27-29(17-23)39-27)11-7-3-1-5-9-25-19-31-32(41-31)20-26(25)10-6-2-4-8-12-34(36)38-22-24-14-16-28-30(18-24)40-28/h23-32H,1-22H2. The molecule has 3 saturated heterocycles. The van der Waals surface area contributed by atoms with Crippen molar-refractivity contribution in [2.45, 2.75) is 165 Å². The molecule has 0 aromatic heterocycles. The van der Waals surface area contributed by atoms with Gasteiger partial charge >= 0.3 is 11.9 Å². The molecule has 3 heterocycles. The molecule has 6 rings (SSSR count). The Balaban J connectivity index is 0.758. The fourth-order valence-corrected chi connectivity index (χ4v) is 8.18. The third kappa shape index (κ3) is 9.40. The molecule has 41 heavy (non-hydrogen) atoms. The molecule has 0 aromatic rings. The van der Waals surface area contributed by atoms with E-state index in [-0.39, 0.29) is 11.9 Å². The molecule has 3 saturated carbocycles. The Morgan fingerprint density at radius 3 is 1.37 bits per heavy atom. The molecule has 0 bridgehead atoms. The maximum Gasteiger partial charge on any atom is 0.305 e. The van der Waals surface area contributed by atoms with Crippen LogP contribution in [0.25, 0.3) is 0 Å². The van der Waals surface area contributed by atoms with Crippen LogP contribution in [0, 0.1) is 23.7 Å². The molecule has 0 radical (unpaired) electrons. The van der Waals surface area contributed by atoms with Gasteiger partial charge in [0.25, 0.3) is 0 Å². The van der Waals surface area contributed by atoms with Crippen molar-refractivity contribution in [2.75, 3.05) is 13.2 Å². The summed E-state index contributed by atoms with van der Waals surface area (Å²) in [5.41, 5.74) is 0. The Morgan fingerprint density at radius 2 is 0.902 bits per heavy atom. The maximum atomic E-state index is 12.1. The van der Waals surface area contributed by atoms with Gasteiger partial charge in [-0.25, -0.2) is 0 Å². The Kier molecular flexibility index (Phi) is 10.6. The average Bonchev–Trinajstić information content (AvgIpc) is 3.87. The Hall–Kier alpha value is -1.18. The number of hydrogen-bond acceptors (Lipinski definition) is 7. The van der Waals surface area contributed by atoms with Crippen molar-refractivity contribution in [3.8, 4) is 0 Å². The lowest BCUT2D eigenvalue weighted by atomic mass is 9.74. The topological polar surface area (TPSA) is 90.2 Å². The van der Waals surface area contributed by atoms with E-state index in [1.165, 1.54) is 51.4 Å². The molecule has 3 aliphatic carbocycles. The first kappa shape index (κ1) is 29.9. The van der Waals surface area contributed by atoms with Gasteiger partial charge in [-0.15, -0.1) is 0 Å². The highest BCUT2D eigenvalue weighted by atomic mass is 16.6. The first-order valence-corrected chi connectivity index (χ1v) is 17.4. The second-order valence-electron chi connectivity index (χ2n) is 14.3. The summed E-state index contributed by atoms with van der Waals surface area (Å²) in [6.45, 7) is 1.17. The number of unbranched alkanes of at least 4 members (excludes halogenated alkanes) is 6. The van der Waals surface area contributed by atoms with Crippen LogP contribution in [0.15, 0.2) is 0 Å². The van der Waals surface area contributed by atoms with Crippen molar-refractivity contribution in [3.63, 3.8) is 0 Å². The number of carbonyl (C=O) groups is 2. The first-order valence-electron chi connectivity index (χ1n) is 17.4. The van der Waals surface area contributed by atoms with Crippen molar-refractivity contribution in [3.05, 3.63) is 0 Å². The fourth-order valence-electron chi connectivity index (χ4n) is 8.18. The number of esters is 2. The average molecular weight is 575 g/mol. The summed E-state index contributed by atoms with van der Waals surface area (Å²) in [4.78, 5) is 24.3. The van der Waals surface area contributed by atoms with Gasteiger partial charge in [-0.1, -0.05) is 51.4 Å². The number of rotatable bonds is 18. The molecular formula is C34H54O7. The molecule has 7 heteroatoms. The van der Waals surface area contributed by atoms with E-state index in [1.54, 1.807) is 0 Å². The zero-order valence-electron chi connectivity index (χ0n) is 25.2. The normalized spacial score (nSPS) is 38.2. The maximum absolute atomic E-state index is 12.1. The highest BCUT2D eigenvalue weighted by Gasteiger charge is 2.48. The molecule has 0 aromatic carbocycles. The summed E-state index contributed by atoms with van der Waals surface area (Å²) in [6, 6.07) is 0. The van der Waals surface area contributed by atoms with Gasteiger partial charge in [-0.05, 0) is 87.9 Å². The minimum Gasteiger partial charge on any atom is -0.465 e. The van der Waals surface area contributed by atoms with E-state index < -0.39 is 0 Å². The van der Waals surface area contributed by atoms with E-state index in [4.69, 9.17) is 23.7 Å². The van der Waals surface area contributed by atoms with Gasteiger partial charge < -0.3 is 23.7 Å². The number of carbonyl (C=O) groups excluding carboxylic acids is 2. The van der Waals surface area contributed by atoms with E-state index >= 15 is 0 Å². The van der Waals surface area contributed by atoms with Gasteiger partial charge in [-0.3, -0.25) is 9.59 Å². The summed E-state index contributed by atoms with van der Waals surface area (Å²) in [6.07, 6.45) is 25.0. The molecule has 0 spiro atoms. The molecule has 3 aliphatic heterocycles. The van der Waals surface area contributed by atoms with Crippen molar-refractivity contribution in [2.24, 2.45) is 23.7 Å². The lowest BCUT2D eigenvalue weighted by molar-refractivity contribution is -0.146. The number of hydrogen-bond donors (Lipinski definition) is 0. The molecular weight excluding hydrogens is 520 g/mol. The highest BCUT2D eigenvalue weighted by Crippen LogP contribution is 2.46. The zero-order valence-corrected chi connectivity index (χ0v) is 25.2. The van der Waals surface area contributed by atoms with Crippen LogP contribution in [0.1, 0.15) is 128 Å². The van der Waals surface area contributed by atoms with E-state index in [1.807, 2.05) is 0 Å². The van der Waals surface area contributed by atoms with Crippen LogP contribution in [0.3, 0.4) is 0 Å². The molecule has 7 nitrogen and oxygen atoms in total. The summed E-state index contributed by atoms with van der Waals surface area (Å²) in [5.74, 6) is 2.55. The second-order valence-corrected chi connectivity index (χ2v) is 14.3. The van der Waals surface area contributed by atoms with Gasteiger partial charge in [0.1, 0.15) is 0 Å². The summed E-state index contributed by atoms with van der Waals surface area (Å²) < 4.78 is 28.2. The lowest BCUT2D eigenvalue weighted by Crippen LogP contribution is -2.24. The van der Waals surface area contributed by atoms with E-state index in [9.17, 15) is 9.59 Å². The van der Waals surface area contributed by atoms with Gasteiger partial charge in [0.2, 0.25) is 0 Å². The second kappa shape index (κ2) is 14.5. The van der Waals surface area contributed by atoms with Crippen LogP contribution in [-0.4, -0.2) is 61.8 Å². The Bertz CT molecular complexity index is 794.